The highest BCUT2D eigenvalue weighted by molar-refractivity contribution is 14.1. The summed E-state index contributed by atoms with van der Waals surface area (Å²) >= 11 is 2.83. The predicted octanol–water partition coefficient (Wildman–Crippen LogP) is 3.38. The van der Waals surface area contributed by atoms with Crippen molar-refractivity contribution < 1.29 is 107 Å². The lowest BCUT2D eigenvalue weighted by atomic mass is 9.44. The van der Waals surface area contributed by atoms with Gasteiger partial charge in [0.25, 0.3) is 0 Å². The van der Waals surface area contributed by atoms with Gasteiger partial charge in [-0.15, -0.1) is 0 Å². The largest absolute Gasteiger partial charge is 0.492 e. The molecule has 24 nitrogen and oxygen atoms in total. The fourth-order valence-corrected chi connectivity index (χ4v) is 16.4. The molecule has 1 aromatic rings. The zero-order valence-corrected chi connectivity index (χ0v) is 55.7. The lowest BCUT2D eigenvalue weighted by Gasteiger charge is -2.60. The topological polar surface area (TPSA) is 324 Å². The van der Waals surface area contributed by atoms with Gasteiger partial charge < -0.3 is 92.9 Å². The van der Waals surface area contributed by atoms with Crippen molar-refractivity contribution in [2.24, 2.45) is 17.3 Å². The number of carboxylic acid groups (broad SMARTS) is 1. The minimum absolute atomic E-state index is 0.0243. The molecular weight excluding hydrogens is 1320 g/mol. The predicted molar refractivity (Wildman–Crippen MR) is 330 cm³/mol. The first-order valence-corrected chi connectivity index (χ1v) is 33.4. The van der Waals surface area contributed by atoms with E-state index in [0.29, 0.717) is 26.8 Å². The molecule has 8 N–H and O–H groups in total. The third kappa shape index (κ3) is 14.3. The number of ether oxygens (including phenoxy) is 11. The number of ketones is 2. The molecule has 6 fully saturated rings. The van der Waals surface area contributed by atoms with Crippen molar-refractivity contribution in [2.45, 2.75) is 202 Å². The van der Waals surface area contributed by atoms with Crippen LogP contribution in [-0.4, -0.2) is 221 Å². The summed E-state index contributed by atoms with van der Waals surface area (Å²) in [6, 6.07) is -1.26. The number of halogens is 1. The molecule has 0 amide bonds. The Morgan fingerprint density at radius 2 is 1.62 bits per heavy atom. The number of aliphatic hydroxyl groups excluding tert-OH is 4. The fourth-order valence-electron chi connectivity index (χ4n) is 12.7. The van der Waals surface area contributed by atoms with Crippen LogP contribution < -0.4 is 25.0 Å². The van der Waals surface area contributed by atoms with Gasteiger partial charge in [-0.05, 0) is 94.8 Å². The van der Waals surface area contributed by atoms with E-state index >= 15 is 0 Å². The molecule has 23 atom stereocenters. The second kappa shape index (κ2) is 30.3. The number of thioether (sulfide) groups is 1. The zero-order chi connectivity index (χ0) is 64.3. The number of hydroxylamine groups is 1. The number of hydrogen-bond acceptors (Lipinski definition) is 26. The van der Waals surface area contributed by atoms with Gasteiger partial charge in [0.2, 0.25) is 17.2 Å². The Morgan fingerprint density at radius 1 is 0.909 bits per heavy atom. The number of hydrogen-bond donors (Lipinski definition) is 8. The number of allylic oxidation sites excluding steroid dienone is 2. The molecule has 4 saturated heterocycles. The number of benzene rings is 1. The number of likely N-dealkylation sites (N-methyl/N-ethyl adjacent to an activating group) is 1. The highest BCUT2D eigenvalue weighted by Crippen LogP contribution is 2.70. The smallest absolute Gasteiger partial charge is 0.317 e. The Bertz CT molecular complexity index is 2910. The zero-order valence-electron chi connectivity index (χ0n) is 51.0. The Morgan fingerprint density at radius 3 is 2.27 bits per heavy atom. The maximum absolute atomic E-state index is 14.5. The van der Waals surface area contributed by atoms with Gasteiger partial charge in [0, 0.05) is 63.1 Å². The van der Waals surface area contributed by atoms with E-state index in [1.54, 1.807) is 60.8 Å². The molecule has 8 rings (SSSR count). The van der Waals surface area contributed by atoms with E-state index in [1.165, 1.54) is 39.0 Å². The van der Waals surface area contributed by atoms with Crippen molar-refractivity contribution in [3.05, 3.63) is 38.0 Å². The van der Waals surface area contributed by atoms with Crippen molar-refractivity contribution in [1.82, 2.24) is 10.8 Å². The van der Waals surface area contributed by atoms with Crippen LogP contribution in [0.1, 0.15) is 90.1 Å². The second-order valence-electron chi connectivity index (χ2n) is 22.9. The van der Waals surface area contributed by atoms with Crippen LogP contribution in [-0.2, 0) is 57.1 Å². The van der Waals surface area contributed by atoms with Crippen molar-refractivity contribution in [3.63, 3.8) is 0 Å². The summed E-state index contributed by atoms with van der Waals surface area (Å²) in [5.41, 5.74) is 0.967. The minimum Gasteiger partial charge on any atom is -0.492 e. The molecule has 488 valence electrons. The summed E-state index contributed by atoms with van der Waals surface area (Å²) in [4.78, 5) is 59.4. The Balaban J connectivity index is 1.02. The monoisotopic (exact) mass is 1400 g/mol. The summed E-state index contributed by atoms with van der Waals surface area (Å²) in [6.07, 6.45) is -13.7. The third-order valence-electron chi connectivity index (χ3n) is 17.2. The van der Waals surface area contributed by atoms with Crippen molar-refractivity contribution in [1.29, 1.82) is 0 Å². The van der Waals surface area contributed by atoms with Crippen LogP contribution in [0.15, 0.2) is 23.3 Å². The number of aliphatic carboxylic acids is 1. The average Bonchev–Trinajstić information content (AvgIpc) is 1.42. The Labute approximate surface area is 538 Å². The van der Waals surface area contributed by atoms with Gasteiger partial charge in [-0.25, -0.2) is 0 Å². The summed E-state index contributed by atoms with van der Waals surface area (Å²) in [5.74, 6) is 9.35. The summed E-state index contributed by atoms with van der Waals surface area (Å²) < 4.78 is 68.1. The molecule has 2 saturated carbocycles. The lowest BCUT2D eigenvalue weighted by molar-refractivity contribution is -0.342. The van der Waals surface area contributed by atoms with E-state index in [4.69, 9.17) is 56.9 Å². The molecule has 0 bridgehead atoms. The number of rotatable bonds is 24. The average molecular weight is 1410 g/mol. The van der Waals surface area contributed by atoms with Crippen LogP contribution in [0.2, 0.25) is 0 Å². The highest BCUT2D eigenvalue weighted by atomic mass is 127. The van der Waals surface area contributed by atoms with E-state index in [-0.39, 0.29) is 84.6 Å². The number of carboxylic acids is 1. The molecule has 1 spiro atoms. The summed E-state index contributed by atoms with van der Waals surface area (Å²) in [6.45, 7) is 14.1. The molecular formula is C60H81IN2O22S3. The van der Waals surface area contributed by atoms with Crippen LogP contribution >= 0.6 is 55.9 Å². The SMILES string of the molecule is CCN[C@H]1CO[C@@H](O[C@H]2[C@H](O[C@H]3C#C/C=C(/C)C#CC45C(CC(C)=O)C(=O)C[C@]4(O)/C(=C/CSSC(C)C(=O)O)C35)O[C@H](C)[C@@H](NO[C@H]3C[C@H](O)[C@H](SC(=O)c4c(C)c(I)c(O[C@@H]5O[C@@H](C)[C@H](O)[C@@H](OC)[C@H]5O)c(OC)c4OC)[C@@H](C)O3)[C@@H]2O)C[C@@H]1OC. The van der Waals surface area contributed by atoms with Gasteiger partial charge in [0.1, 0.15) is 59.0 Å². The third-order valence-corrected chi connectivity index (χ3v) is 22.5. The van der Waals surface area contributed by atoms with Gasteiger partial charge in [-0.3, -0.25) is 19.2 Å². The lowest BCUT2D eigenvalue weighted by Crippen LogP contribution is -2.69. The van der Waals surface area contributed by atoms with Crippen LogP contribution in [0, 0.1) is 51.4 Å². The van der Waals surface area contributed by atoms with Crippen molar-refractivity contribution >= 4 is 78.6 Å². The first-order chi connectivity index (χ1) is 41.8. The van der Waals surface area contributed by atoms with Gasteiger partial charge >= 0.3 is 5.97 Å². The molecule has 1 aromatic carbocycles. The van der Waals surface area contributed by atoms with E-state index in [9.17, 15) is 49.8 Å². The fraction of sp³-hybridized carbons (Fsp3) is 0.700. The van der Waals surface area contributed by atoms with Crippen LogP contribution in [0.25, 0.3) is 0 Å². The quantitative estimate of drug-likeness (QED) is 0.0184. The van der Waals surface area contributed by atoms with Gasteiger partial charge in [-0.1, -0.05) is 70.0 Å². The molecule has 4 heterocycles. The van der Waals surface area contributed by atoms with Crippen molar-refractivity contribution in [2.75, 3.05) is 47.3 Å². The first kappa shape index (κ1) is 70.7. The number of carbonyl (C=O) groups is 4. The molecule has 4 aliphatic heterocycles. The standard InChI is InChI=1S/C60H81IN2O22S3/c1-13-62-35-25-78-40(23-39(35)74-9)83-52-47(68)45(29(5)80-58(52)82-38-16-14-15-26(2)17-19-59-34(21-27(3)64)37(66)24-60(59,73)33(43(38)59)18-20-86-88-32(8)55(70)71)63-85-41-22-36(65)54(31(7)79-41)87-56(72)42-28(4)44(61)50(53(77-12)49(42)75-10)84-57-48(69)51(76-11)46(67)30(6)81-57/h15,18,29-32,34-36,38-41,43,45-48,51-52,54,57-58,62-63,65,67-69,73H,13,20-25H2,1-12H3,(H,70,71)/b26-15-,33-18+/t29-,30+,31-,32?,34?,35+,36+,38+,39+,40+,41+,43?,45-,46+,47+,48-,51-,52-,54-,57+,58+,59?,60+/m1/s1. The molecule has 0 radical (unpaired) electrons. The second-order valence-corrected chi connectivity index (χ2v) is 27.9. The molecule has 3 aliphatic carbocycles. The molecule has 7 aliphatic rings. The molecule has 4 unspecified atom stereocenters. The van der Waals surface area contributed by atoms with Crippen molar-refractivity contribution in [3.8, 4) is 40.9 Å². The Hall–Kier alpha value is -3.16. The normalized spacial score (nSPS) is 39.3. The number of methoxy groups -OCH3 is 4. The van der Waals surface area contributed by atoms with Gasteiger partial charge in [0.15, 0.2) is 30.4 Å². The number of aliphatic hydroxyl groups is 5. The highest BCUT2D eigenvalue weighted by Gasteiger charge is 2.78. The number of Topliss-reactive ketones (excluding diaryl/α,β-unsaturated/α-hetero) is 2. The number of nitrogens with one attached hydrogen (secondary N) is 2. The van der Waals surface area contributed by atoms with Gasteiger partial charge in [-0.2, -0.15) is 5.48 Å². The van der Waals surface area contributed by atoms with Gasteiger partial charge in [0.05, 0.1) is 83.2 Å². The van der Waals surface area contributed by atoms with E-state index < -0.39 is 137 Å². The maximum atomic E-state index is 14.5. The van der Waals surface area contributed by atoms with Crippen LogP contribution in [0.4, 0.5) is 0 Å². The van der Waals surface area contributed by atoms with E-state index in [0.717, 1.165) is 22.6 Å². The molecule has 28 heteroatoms. The Kier molecular flexibility index (Phi) is 24.3. The summed E-state index contributed by atoms with van der Waals surface area (Å²) in [5, 5.41) is 69.8. The van der Waals surface area contributed by atoms with E-state index in [2.05, 4.69) is 34.5 Å². The summed E-state index contributed by atoms with van der Waals surface area (Å²) in [7, 11) is 8.03. The maximum Gasteiger partial charge on any atom is 0.317 e. The number of carbonyl (C=O) groups excluding carboxylic acids is 3. The van der Waals surface area contributed by atoms with E-state index in [1.807, 2.05) is 29.5 Å². The minimum atomic E-state index is -1.85. The van der Waals surface area contributed by atoms with Crippen LogP contribution in [0.3, 0.4) is 0 Å². The van der Waals surface area contributed by atoms with Crippen LogP contribution in [0.5, 0.6) is 17.2 Å². The first-order valence-electron chi connectivity index (χ1n) is 29.1. The molecule has 88 heavy (non-hydrogen) atoms. The molecule has 0 aromatic heterocycles.